The Balaban J connectivity index is 1.74. The molecule has 0 fully saturated rings. The van der Waals surface area contributed by atoms with Gasteiger partial charge in [0.15, 0.2) is 0 Å². The van der Waals surface area contributed by atoms with Crippen molar-refractivity contribution in [3.05, 3.63) is 101 Å². The number of hydrogen-bond acceptors (Lipinski definition) is 4. The van der Waals surface area contributed by atoms with Crippen LogP contribution in [0.5, 0.6) is 0 Å². The van der Waals surface area contributed by atoms with Crippen LogP contribution in [0.4, 0.5) is 11.4 Å². The van der Waals surface area contributed by atoms with Gasteiger partial charge in [0.2, 0.25) is 11.8 Å². The van der Waals surface area contributed by atoms with Crippen molar-refractivity contribution in [3.8, 4) is 0 Å². The molecule has 0 heterocycles. The van der Waals surface area contributed by atoms with E-state index in [1.54, 1.807) is 48.5 Å². The van der Waals surface area contributed by atoms with E-state index in [2.05, 4.69) is 10.6 Å². The Hall–Kier alpha value is -3.55. The molecule has 1 unspecified atom stereocenters. The molecule has 0 saturated carbocycles. The molecule has 0 saturated heterocycles. The van der Waals surface area contributed by atoms with Crippen molar-refractivity contribution in [2.75, 3.05) is 10.6 Å². The molecule has 0 aromatic heterocycles. The van der Waals surface area contributed by atoms with Gasteiger partial charge in [-0.05, 0) is 61.0 Å². The van der Waals surface area contributed by atoms with Gasteiger partial charge in [-0.15, -0.1) is 11.8 Å². The van der Waals surface area contributed by atoms with Crippen LogP contribution in [0.2, 0.25) is 5.02 Å². The van der Waals surface area contributed by atoms with Crippen molar-refractivity contribution in [2.24, 2.45) is 0 Å². The summed E-state index contributed by atoms with van der Waals surface area (Å²) in [5.41, 5.74) is 1.95. The van der Waals surface area contributed by atoms with Crippen molar-refractivity contribution in [1.82, 2.24) is 0 Å². The van der Waals surface area contributed by atoms with Gasteiger partial charge in [-0.3, -0.25) is 9.59 Å². The lowest BCUT2D eigenvalue weighted by Crippen LogP contribution is -2.19. The number of carboxylic acid groups (broad SMARTS) is 1. The topological polar surface area (TPSA) is 95.5 Å². The Kier molecular flexibility index (Phi) is 8.29. The minimum Gasteiger partial charge on any atom is -0.478 e. The Morgan fingerprint density at radius 3 is 2.06 bits per heavy atom. The van der Waals surface area contributed by atoms with Crippen LogP contribution in [0.1, 0.15) is 17.7 Å². The quantitative estimate of drug-likeness (QED) is 0.280. The monoisotopic (exact) mass is 480 g/mol. The van der Waals surface area contributed by atoms with Crippen LogP contribution in [0.25, 0.3) is 0 Å². The first-order valence-corrected chi connectivity index (χ1v) is 11.2. The van der Waals surface area contributed by atoms with Crippen LogP contribution in [0.3, 0.4) is 0 Å². The molecule has 2 amide bonds. The molecule has 168 valence electrons. The van der Waals surface area contributed by atoms with Crippen LogP contribution in [-0.2, 0) is 14.4 Å². The molecule has 8 heteroatoms. The third kappa shape index (κ3) is 7.24. The average molecular weight is 481 g/mol. The smallest absolute Gasteiger partial charge is 0.331 e. The van der Waals surface area contributed by atoms with Crippen LogP contribution in [0.15, 0.2) is 95.4 Å². The Morgan fingerprint density at radius 2 is 1.45 bits per heavy atom. The molecule has 0 aliphatic heterocycles. The Bertz CT molecular complexity index is 1160. The van der Waals surface area contributed by atoms with E-state index in [4.69, 9.17) is 16.7 Å². The molecule has 0 radical (unpaired) electrons. The first-order chi connectivity index (χ1) is 15.8. The summed E-state index contributed by atoms with van der Waals surface area (Å²) in [4.78, 5) is 36.7. The number of carbonyl (C=O) groups excluding carboxylic acids is 2. The van der Waals surface area contributed by atoms with Gasteiger partial charge in [-0.25, -0.2) is 4.79 Å². The van der Waals surface area contributed by atoms with Crippen LogP contribution in [-0.4, -0.2) is 22.9 Å². The van der Waals surface area contributed by atoms with Gasteiger partial charge >= 0.3 is 5.97 Å². The van der Waals surface area contributed by atoms with Crippen LogP contribution < -0.4 is 10.6 Å². The minimum atomic E-state index is -1.15. The van der Waals surface area contributed by atoms with Gasteiger partial charge in [-0.2, -0.15) is 0 Å². The zero-order valence-electron chi connectivity index (χ0n) is 17.6. The number of nitrogens with one attached hydrogen (secondary N) is 2. The van der Waals surface area contributed by atoms with Gasteiger partial charge in [0, 0.05) is 32.9 Å². The van der Waals surface area contributed by atoms with E-state index in [0.717, 1.165) is 16.5 Å². The number of benzene rings is 3. The van der Waals surface area contributed by atoms with Crippen molar-refractivity contribution >= 4 is 52.5 Å². The zero-order valence-corrected chi connectivity index (χ0v) is 19.2. The molecule has 6 nitrogen and oxygen atoms in total. The molecule has 3 N–H and O–H groups in total. The molecule has 0 aliphatic rings. The maximum atomic E-state index is 13.1. The second-order valence-electron chi connectivity index (χ2n) is 7.05. The number of thioether (sulfide) groups is 1. The first-order valence-electron chi connectivity index (χ1n) is 9.92. The fraction of sp³-hybridized carbons (Fsp3) is 0.0800. The maximum Gasteiger partial charge on any atom is 0.331 e. The molecular formula is C25H21ClN2O4S. The summed E-state index contributed by atoms with van der Waals surface area (Å²) in [6, 6.07) is 23.3. The number of rotatable bonds is 8. The van der Waals surface area contributed by atoms with Gasteiger partial charge in [0.1, 0.15) is 5.25 Å². The SMILES string of the molecule is C/C(=C/C(=O)Nc1ccc(SC(C(=O)Nc2ccc(Cl)cc2)c2ccccc2)cc1)C(=O)O. The van der Waals surface area contributed by atoms with E-state index in [1.807, 2.05) is 30.3 Å². The van der Waals surface area contributed by atoms with Crippen molar-refractivity contribution in [2.45, 2.75) is 17.1 Å². The number of anilines is 2. The molecule has 33 heavy (non-hydrogen) atoms. The summed E-state index contributed by atoms with van der Waals surface area (Å²) in [7, 11) is 0. The Labute approximate surface area is 200 Å². The summed E-state index contributed by atoms with van der Waals surface area (Å²) in [6.45, 7) is 1.35. The van der Waals surface area contributed by atoms with Gasteiger partial charge in [0.25, 0.3) is 0 Å². The summed E-state index contributed by atoms with van der Waals surface area (Å²) in [5, 5.41) is 14.5. The highest BCUT2D eigenvalue weighted by atomic mass is 35.5. The third-order valence-corrected chi connectivity index (χ3v) is 6.03. The highest BCUT2D eigenvalue weighted by Gasteiger charge is 2.22. The second kappa shape index (κ2) is 11.4. The molecule has 1 atom stereocenters. The Morgan fingerprint density at radius 1 is 0.879 bits per heavy atom. The molecular weight excluding hydrogens is 460 g/mol. The highest BCUT2D eigenvalue weighted by molar-refractivity contribution is 8.00. The normalized spacial score (nSPS) is 12.0. The largest absolute Gasteiger partial charge is 0.478 e. The van der Waals surface area contributed by atoms with E-state index in [-0.39, 0.29) is 11.5 Å². The summed E-state index contributed by atoms with van der Waals surface area (Å²) in [6.07, 6.45) is 1.03. The lowest BCUT2D eigenvalue weighted by atomic mass is 10.1. The maximum absolute atomic E-state index is 13.1. The standard InChI is InChI=1S/C25H21ClN2O4S/c1-16(25(31)32)15-22(29)27-19-11-13-21(14-12-19)33-23(17-5-3-2-4-6-17)24(30)28-20-9-7-18(26)8-10-20/h2-15,23H,1H3,(H,27,29)(H,28,30)(H,31,32)/b16-15-. The van der Waals surface area contributed by atoms with E-state index < -0.39 is 17.1 Å². The second-order valence-corrected chi connectivity index (χ2v) is 8.67. The summed E-state index contributed by atoms with van der Waals surface area (Å²) < 4.78 is 0. The molecule has 3 rings (SSSR count). The molecule has 3 aromatic rings. The van der Waals surface area contributed by atoms with Crippen molar-refractivity contribution in [3.63, 3.8) is 0 Å². The van der Waals surface area contributed by atoms with E-state index >= 15 is 0 Å². The number of halogens is 1. The predicted molar refractivity (Wildman–Crippen MR) is 132 cm³/mol. The molecule has 0 spiro atoms. The molecule has 0 bridgehead atoms. The summed E-state index contributed by atoms with van der Waals surface area (Å²) >= 11 is 7.30. The van der Waals surface area contributed by atoms with E-state index in [9.17, 15) is 14.4 Å². The lowest BCUT2D eigenvalue weighted by molar-refractivity contribution is -0.132. The number of aliphatic carboxylic acids is 1. The number of carboxylic acids is 1. The summed E-state index contributed by atoms with van der Waals surface area (Å²) in [5.74, 6) is -1.86. The fourth-order valence-corrected chi connectivity index (χ4v) is 3.98. The average Bonchev–Trinajstić information content (AvgIpc) is 2.80. The number of amides is 2. The predicted octanol–water partition coefficient (Wildman–Crippen LogP) is 5.78. The van der Waals surface area contributed by atoms with E-state index in [0.29, 0.717) is 16.4 Å². The third-order valence-electron chi connectivity index (χ3n) is 4.51. The highest BCUT2D eigenvalue weighted by Crippen LogP contribution is 2.36. The van der Waals surface area contributed by atoms with Gasteiger partial charge < -0.3 is 15.7 Å². The zero-order chi connectivity index (χ0) is 23.8. The van der Waals surface area contributed by atoms with E-state index in [1.165, 1.54) is 18.7 Å². The van der Waals surface area contributed by atoms with Gasteiger partial charge in [0.05, 0.1) is 0 Å². The van der Waals surface area contributed by atoms with Crippen molar-refractivity contribution in [1.29, 1.82) is 0 Å². The van der Waals surface area contributed by atoms with Crippen molar-refractivity contribution < 1.29 is 19.5 Å². The molecule has 3 aromatic carbocycles. The number of carbonyl (C=O) groups is 3. The lowest BCUT2D eigenvalue weighted by Gasteiger charge is -2.17. The fourth-order valence-electron chi connectivity index (χ4n) is 2.83. The minimum absolute atomic E-state index is 0.0583. The molecule has 0 aliphatic carbocycles. The van der Waals surface area contributed by atoms with Crippen LogP contribution >= 0.6 is 23.4 Å². The van der Waals surface area contributed by atoms with Gasteiger partial charge in [-0.1, -0.05) is 41.9 Å². The number of hydrogen-bond donors (Lipinski definition) is 3. The van der Waals surface area contributed by atoms with Crippen LogP contribution in [0, 0.1) is 0 Å². The first kappa shape index (κ1) is 24.1.